The molecule has 76 valence electrons. The van der Waals surface area contributed by atoms with Crippen molar-refractivity contribution in [2.45, 2.75) is 26.2 Å². The van der Waals surface area contributed by atoms with E-state index in [1.165, 1.54) is 0 Å². The van der Waals surface area contributed by atoms with Crippen LogP contribution in [-0.2, 0) is 4.79 Å². The van der Waals surface area contributed by atoms with Gasteiger partial charge in [0.15, 0.2) is 0 Å². The van der Waals surface area contributed by atoms with E-state index in [0.29, 0.717) is 6.54 Å². The SMILES string of the molecule is CCCCCNC(=O)NCC(=O)O. The Morgan fingerprint density at radius 2 is 1.92 bits per heavy atom. The van der Waals surface area contributed by atoms with Gasteiger partial charge in [0, 0.05) is 6.54 Å². The first-order valence-electron chi connectivity index (χ1n) is 4.40. The molecule has 0 rings (SSSR count). The van der Waals surface area contributed by atoms with Crippen molar-refractivity contribution in [1.29, 1.82) is 0 Å². The molecule has 0 radical (unpaired) electrons. The molecule has 0 heterocycles. The molecular weight excluding hydrogens is 172 g/mol. The summed E-state index contributed by atoms with van der Waals surface area (Å²) in [6.07, 6.45) is 3.09. The molecule has 0 aromatic rings. The van der Waals surface area contributed by atoms with Gasteiger partial charge in [-0.2, -0.15) is 0 Å². The van der Waals surface area contributed by atoms with Crippen LogP contribution in [0.3, 0.4) is 0 Å². The third-order valence-corrected chi connectivity index (χ3v) is 1.47. The van der Waals surface area contributed by atoms with Crippen molar-refractivity contribution in [3.8, 4) is 0 Å². The number of urea groups is 1. The Balaban J connectivity index is 3.25. The number of hydrogen-bond donors (Lipinski definition) is 3. The molecule has 2 amide bonds. The monoisotopic (exact) mass is 188 g/mol. The van der Waals surface area contributed by atoms with Crippen molar-refractivity contribution >= 4 is 12.0 Å². The van der Waals surface area contributed by atoms with E-state index in [1.54, 1.807) is 0 Å². The molecule has 0 aliphatic carbocycles. The van der Waals surface area contributed by atoms with Gasteiger partial charge in [0.05, 0.1) is 0 Å². The highest BCUT2D eigenvalue weighted by molar-refractivity contribution is 5.79. The number of hydrogen-bond acceptors (Lipinski definition) is 2. The fourth-order valence-corrected chi connectivity index (χ4v) is 0.795. The van der Waals surface area contributed by atoms with Crippen LogP contribution < -0.4 is 10.6 Å². The second kappa shape index (κ2) is 7.39. The summed E-state index contributed by atoms with van der Waals surface area (Å²) in [7, 11) is 0. The minimum atomic E-state index is -1.04. The van der Waals surface area contributed by atoms with Gasteiger partial charge in [-0.1, -0.05) is 19.8 Å². The molecule has 0 fully saturated rings. The van der Waals surface area contributed by atoms with Crippen LogP contribution in [0.1, 0.15) is 26.2 Å². The molecule has 5 heteroatoms. The summed E-state index contributed by atoms with van der Waals surface area (Å²) in [6.45, 7) is 2.34. The van der Waals surface area contributed by atoms with Gasteiger partial charge < -0.3 is 15.7 Å². The van der Waals surface area contributed by atoms with Crippen LogP contribution in [0.2, 0.25) is 0 Å². The number of amides is 2. The Morgan fingerprint density at radius 1 is 1.23 bits per heavy atom. The first kappa shape index (κ1) is 11.7. The third-order valence-electron chi connectivity index (χ3n) is 1.47. The molecule has 0 aliphatic rings. The van der Waals surface area contributed by atoms with Crippen LogP contribution in [0.4, 0.5) is 4.79 Å². The van der Waals surface area contributed by atoms with Crippen LogP contribution in [0, 0.1) is 0 Å². The molecule has 5 nitrogen and oxygen atoms in total. The number of carboxylic acids is 1. The topological polar surface area (TPSA) is 78.4 Å². The molecular formula is C8H16N2O3. The lowest BCUT2D eigenvalue weighted by atomic mass is 10.2. The molecule has 3 N–H and O–H groups in total. The average molecular weight is 188 g/mol. The zero-order chi connectivity index (χ0) is 10.1. The Kier molecular flexibility index (Phi) is 6.68. The molecule has 0 saturated heterocycles. The maximum Gasteiger partial charge on any atom is 0.323 e. The van der Waals surface area contributed by atoms with Crippen LogP contribution in [0.15, 0.2) is 0 Å². The van der Waals surface area contributed by atoms with Gasteiger partial charge in [-0.05, 0) is 6.42 Å². The van der Waals surface area contributed by atoms with E-state index in [2.05, 4.69) is 17.6 Å². The quantitative estimate of drug-likeness (QED) is 0.533. The molecule has 0 aromatic heterocycles. The first-order chi connectivity index (χ1) is 6.16. The lowest BCUT2D eigenvalue weighted by Crippen LogP contribution is -2.38. The van der Waals surface area contributed by atoms with Gasteiger partial charge in [-0.15, -0.1) is 0 Å². The fraction of sp³-hybridized carbons (Fsp3) is 0.750. The smallest absolute Gasteiger partial charge is 0.323 e. The molecule has 0 unspecified atom stereocenters. The minimum Gasteiger partial charge on any atom is -0.480 e. The van der Waals surface area contributed by atoms with Crippen LogP contribution in [-0.4, -0.2) is 30.2 Å². The molecule has 0 saturated carbocycles. The zero-order valence-corrected chi connectivity index (χ0v) is 7.80. The molecule has 13 heavy (non-hydrogen) atoms. The van der Waals surface area contributed by atoms with E-state index in [0.717, 1.165) is 19.3 Å². The van der Waals surface area contributed by atoms with Crippen LogP contribution >= 0.6 is 0 Å². The van der Waals surface area contributed by atoms with E-state index >= 15 is 0 Å². The van der Waals surface area contributed by atoms with Crippen molar-refractivity contribution in [2.75, 3.05) is 13.1 Å². The van der Waals surface area contributed by atoms with E-state index in [1.807, 2.05) is 0 Å². The molecule has 0 atom stereocenters. The molecule has 0 spiro atoms. The van der Waals surface area contributed by atoms with Crippen molar-refractivity contribution in [3.05, 3.63) is 0 Å². The van der Waals surface area contributed by atoms with Crippen LogP contribution in [0.25, 0.3) is 0 Å². The molecule has 0 aliphatic heterocycles. The Labute approximate surface area is 77.5 Å². The van der Waals surface area contributed by atoms with Gasteiger partial charge in [-0.25, -0.2) is 4.79 Å². The maximum absolute atomic E-state index is 10.8. The van der Waals surface area contributed by atoms with E-state index in [4.69, 9.17) is 5.11 Å². The van der Waals surface area contributed by atoms with E-state index in [-0.39, 0.29) is 6.54 Å². The fourth-order valence-electron chi connectivity index (χ4n) is 0.795. The van der Waals surface area contributed by atoms with E-state index < -0.39 is 12.0 Å². The number of aliphatic carboxylic acids is 1. The summed E-state index contributed by atoms with van der Waals surface area (Å²) < 4.78 is 0. The average Bonchev–Trinajstić information content (AvgIpc) is 2.09. The van der Waals surface area contributed by atoms with Gasteiger partial charge in [0.25, 0.3) is 0 Å². The second-order valence-corrected chi connectivity index (χ2v) is 2.71. The highest BCUT2D eigenvalue weighted by Gasteiger charge is 2.00. The van der Waals surface area contributed by atoms with Crippen molar-refractivity contribution in [1.82, 2.24) is 10.6 Å². The summed E-state index contributed by atoms with van der Waals surface area (Å²) in [4.78, 5) is 20.9. The lowest BCUT2D eigenvalue weighted by Gasteiger charge is -2.04. The second-order valence-electron chi connectivity index (χ2n) is 2.71. The van der Waals surface area contributed by atoms with Gasteiger partial charge >= 0.3 is 12.0 Å². The number of nitrogens with one attached hydrogen (secondary N) is 2. The maximum atomic E-state index is 10.8. The predicted molar refractivity (Wildman–Crippen MR) is 48.6 cm³/mol. The highest BCUT2D eigenvalue weighted by atomic mass is 16.4. The van der Waals surface area contributed by atoms with Crippen molar-refractivity contribution < 1.29 is 14.7 Å². The third kappa shape index (κ3) is 8.65. The summed E-state index contributed by atoms with van der Waals surface area (Å²) in [5, 5.41) is 13.0. The molecule has 0 bridgehead atoms. The largest absolute Gasteiger partial charge is 0.480 e. The van der Waals surface area contributed by atoms with Crippen molar-refractivity contribution in [2.24, 2.45) is 0 Å². The summed E-state index contributed by atoms with van der Waals surface area (Å²) in [5.74, 6) is -1.04. The highest BCUT2D eigenvalue weighted by Crippen LogP contribution is 1.90. The van der Waals surface area contributed by atoms with Gasteiger partial charge in [0.1, 0.15) is 6.54 Å². The Hall–Kier alpha value is -1.26. The first-order valence-corrected chi connectivity index (χ1v) is 4.40. The predicted octanol–water partition coefficient (Wildman–Crippen LogP) is 0.560. The zero-order valence-electron chi connectivity index (χ0n) is 7.80. The summed E-state index contributed by atoms with van der Waals surface area (Å²) in [6, 6.07) is -0.418. The number of carbonyl (C=O) groups is 2. The standard InChI is InChI=1S/C8H16N2O3/c1-2-3-4-5-9-8(13)10-6-7(11)12/h2-6H2,1H3,(H,11,12)(H2,9,10,13). The summed E-state index contributed by atoms with van der Waals surface area (Å²) in [5.41, 5.74) is 0. The normalized spacial score (nSPS) is 9.31. The number of carboxylic acid groups (broad SMARTS) is 1. The Bertz CT molecular complexity index is 171. The number of carbonyl (C=O) groups excluding carboxylic acids is 1. The number of rotatable bonds is 6. The lowest BCUT2D eigenvalue weighted by molar-refractivity contribution is -0.135. The molecule has 0 aromatic carbocycles. The summed E-state index contributed by atoms with van der Waals surface area (Å²) >= 11 is 0. The minimum absolute atomic E-state index is 0.334. The van der Waals surface area contributed by atoms with Gasteiger partial charge in [-0.3, -0.25) is 4.79 Å². The van der Waals surface area contributed by atoms with Crippen molar-refractivity contribution in [3.63, 3.8) is 0 Å². The van der Waals surface area contributed by atoms with Crippen LogP contribution in [0.5, 0.6) is 0 Å². The van der Waals surface area contributed by atoms with Gasteiger partial charge in [0.2, 0.25) is 0 Å². The Morgan fingerprint density at radius 3 is 2.46 bits per heavy atom. The van der Waals surface area contributed by atoms with E-state index in [9.17, 15) is 9.59 Å². The number of unbranched alkanes of at least 4 members (excludes halogenated alkanes) is 2.